The molecular formula is C17H21N3O4. The van der Waals surface area contributed by atoms with Gasteiger partial charge in [-0.25, -0.2) is 4.79 Å². The van der Waals surface area contributed by atoms with E-state index in [9.17, 15) is 9.59 Å². The second-order valence-electron chi connectivity index (χ2n) is 5.77. The van der Waals surface area contributed by atoms with Crippen LogP contribution in [0.25, 0.3) is 0 Å². The summed E-state index contributed by atoms with van der Waals surface area (Å²) in [7, 11) is 3.24. The van der Waals surface area contributed by atoms with E-state index in [2.05, 4.69) is 10.6 Å². The Morgan fingerprint density at radius 3 is 2.62 bits per heavy atom. The number of ether oxygens (including phenoxy) is 2. The predicted octanol–water partition coefficient (Wildman–Crippen LogP) is 1.18. The molecule has 7 heteroatoms. The average Bonchev–Trinajstić information content (AvgIpc) is 2.90. The molecule has 1 atom stereocenters. The van der Waals surface area contributed by atoms with E-state index in [4.69, 9.17) is 9.47 Å². The van der Waals surface area contributed by atoms with Crippen molar-refractivity contribution >= 4 is 11.9 Å². The minimum Gasteiger partial charge on any atom is -0.497 e. The average molecular weight is 331 g/mol. The van der Waals surface area contributed by atoms with E-state index in [1.165, 1.54) is 0 Å². The van der Waals surface area contributed by atoms with Crippen molar-refractivity contribution in [3.05, 3.63) is 41.1 Å². The molecule has 24 heavy (non-hydrogen) atoms. The van der Waals surface area contributed by atoms with Gasteiger partial charge in [-0.1, -0.05) is 12.1 Å². The molecule has 0 aliphatic carbocycles. The van der Waals surface area contributed by atoms with Crippen molar-refractivity contribution in [3.63, 3.8) is 0 Å². The van der Waals surface area contributed by atoms with Gasteiger partial charge in [0.2, 0.25) is 0 Å². The van der Waals surface area contributed by atoms with Crippen LogP contribution >= 0.6 is 0 Å². The normalized spacial score (nSPS) is 19.9. The van der Waals surface area contributed by atoms with Gasteiger partial charge in [0.15, 0.2) is 0 Å². The molecule has 0 spiro atoms. The maximum atomic E-state index is 12.8. The Balaban J connectivity index is 1.83. The highest BCUT2D eigenvalue weighted by Gasteiger charge is 2.40. The Hall–Kier alpha value is -2.54. The third kappa shape index (κ3) is 3.07. The summed E-state index contributed by atoms with van der Waals surface area (Å²) in [6.07, 6.45) is 0.761. The maximum Gasteiger partial charge on any atom is 0.319 e. The molecule has 0 unspecified atom stereocenters. The summed E-state index contributed by atoms with van der Waals surface area (Å²) in [4.78, 5) is 26.5. The first-order valence-corrected chi connectivity index (χ1v) is 7.86. The Bertz CT molecular complexity index is 669. The molecule has 0 saturated carbocycles. The fourth-order valence-electron chi connectivity index (χ4n) is 3.05. The molecule has 1 aromatic rings. The van der Waals surface area contributed by atoms with Gasteiger partial charge in [0.25, 0.3) is 5.91 Å². The number of hydrogen-bond acceptors (Lipinski definition) is 4. The lowest BCUT2D eigenvalue weighted by molar-refractivity contribution is -0.125. The van der Waals surface area contributed by atoms with Crippen LogP contribution in [0.4, 0.5) is 4.79 Å². The van der Waals surface area contributed by atoms with E-state index in [0.717, 1.165) is 17.7 Å². The first-order valence-electron chi connectivity index (χ1n) is 7.86. The van der Waals surface area contributed by atoms with Gasteiger partial charge in [-0.05, 0) is 24.1 Å². The molecule has 0 bridgehead atoms. The summed E-state index contributed by atoms with van der Waals surface area (Å²) in [6, 6.07) is 6.63. The summed E-state index contributed by atoms with van der Waals surface area (Å²) in [6.45, 7) is 1.63. The molecule has 0 saturated heterocycles. The zero-order chi connectivity index (χ0) is 17.1. The zero-order valence-corrected chi connectivity index (χ0v) is 13.8. The smallest absolute Gasteiger partial charge is 0.319 e. The summed E-state index contributed by atoms with van der Waals surface area (Å²) < 4.78 is 10.2. The first-order chi connectivity index (χ1) is 11.6. The molecule has 0 radical (unpaired) electrons. The maximum absolute atomic E-state index is 12.8. The number of nitrogens with one attached hydrogen (secondary N) is 2. The fourth-order valence-corrected chi connectivity index (χ4v) is 3.05. The molecule has 0 aromatic heterocycles. The summed E-state index contributed by atoms with van der Waals surface area (Å²) >= 11 is 0. The molecular weight excluding hydrogens is 310 g/mol. The second kappa shape index (κ2) is 6.92. The Morgan fingerprint density at radius 1 is 1.21 bits per heavy atom. The molecule has 7 nitrogen and oxygen atoms in total. The fraction of sp³-hybridized carbons (Fsp3) is 0.412. The van der Waals surface area contributed by atoms with Crippen molar-refractivity contribution in [2.75, 3.05) is 33.9 Å². The van der Waals surface area contributed by atoms with E-state index in [1.54, 1.807) is 19.1 Å². The minimum absolute atomic E-state index is 0.0468. The molecule has 128 valence electrons. The highest BCUT2D eigenvalue weighted by atomic mass is 16.5. The van der Waals surface area contributed by atoms with Gasteiger partial charge < -0.3 is 25.0 Å². The van der Waals surface area contributed by atoms with Crippen LogP contribution in [0.1, 0.15) is 18.0 Å². The predicted molar refractivity (Wildman–Crippen MR) is 87.5 cm³/mol. The number of carbonyl (C=O) groups is 2. The molecule has 3 amide bonds. The van der Waals surface area contributed by atoms with Gasteiger partial charge in [0.1, 0.15) is 5.75 Å². The second-order valence-corrected chi connectivity index (χ2v) is 5.77. The number of hydrogen-bond donors (Lipinski definition) is 2. The van der Waals surface area contributed by atoms with Crippen molar-refractivity contribution < 1.29 is 19.1 Å². The summed E-state index contributed by atoms with van der Waals surface area (Å²) in [5.41, 5.74) is 2.14. The van der Waals surface area contributed by atoms with E-state index in [0.29, 0.717) is 31.0 Å². The number of nitrogens with zero attached hydrogens (tertiary/aromatic N) is 1. The van der Waals surface area contributed by atoms with E-state index < -0.39 is 6.04 Å². The van der Waals surface area contributed by atoms with Gasteiger partial charge in [-0.2, -0.15) is 0 Å². The van der Waals surface area contributed by atoms with Crippen molar-refractivity contribution in [2.45, 2.75) is 12.5 Å². The number of urea groups is 1. The standard InChI is InChI=1S/C17H21N3O4/c1-23-9-3-8-20-10-13-14(16(20)21)15(19-17(22)18-13)11-4-6-12(24-2)7-5-11/h4-7,15H,3,8-10H2,1-2H3,(H2,18,19,22)/t15-/m0/s1. The molecule has 2 N–H and O–H groups in total. The van der Waals surface area contributed by atoms with Crippen LogP contribution in [0.5, 0.6) is 5.75 Å². The first kappa shape index (κ1) is 16.3. The highest BCUT2D eigenvalue weighted by Crippen LogP contribution is 2.33. The summed E-state index contributed by atoms with van der Waals surface area (Å²) in [5, 5.41) is 5.60. The van der Waals surface area contributed by atoms with Crippen LogP contribution in [0.2, 0.25) is 0 Å². The van der Waals surface area contributed by atoms with Crippen molar-refractivity contribution in [1.82, 2.24) is 15.5 Å². The van der Waals surface area contributed by atoms with Crippen LogP contribution < -0.4 is 15.4 Å². The monoisotopic (exact) mass is 331 g/mol. The van der Waals surface area contributed by atoms with Gasteiger partial charge in [-0.15, -0.1) is 0 Å². The van der Waals surface area contributed by atoms with Crippen LogP contribution in [-0.2, 0) is 9.53 Å². The number of benzene rings is 1. The third-order valence-corrected chi connectivity index (χ3v) is 4.25. The van der Waals surface area contributed by atoms with E-state index in [1.807, 2.05) is 24.3 Å². The summed E-state index contributed by atoms with van der Waals surface area (Å²) in [5.74, 6) is 0.682. The van der Waals surface area contributed by atoms with Gasteiger partial charge in [-0.3, -0.25) is 4.79 Å². The zero-order valence-electron chi connectivity index (χ0n) is 13.8. The number of amides is 3. The van der Waals surface area contributed by atoms with Crippen LogP contribution in [0.15, 0.2) is 35.5 Å². The quantitative estimate of drug-likeness (QED) is 0.767. The highest BCUT2D eigenvalue weighted by molar-refractivity contribution is 6.01. The SMILES string of the molecule is COCCCN1CC2=C(C1=O)[C@H](c1ccc(OC)cc1)NC(=O)N2. The van der Waals surface area contributed by atoms with Crippen LogP contribution in [0, 0.1) is 0 Å². The van der Waals surface area contributed by atoms with Crippen molar-refractivity contribution in [2.24, 2.45) is 0 Å². The lowest BCUT2D eigenvalue weighted by Gasteiger charge is -2.25. The van der Waals surface area contributed by atoms with Crippen molar-refractivity contribution in [1.29, 1.82) is 0 Å². The number of carbonyl (C=O) groups excluding carboxylic acids is 2. The molecule has 2 aliphatic heterocycles. The van der Waals surface area contributed by atoms with Crippen LogP contribution in [0.3, 0.4) is 0 Å². The van der Waals surface area contributed by atoms with Crippen LogP contribution in [-0.4, -0.2) is 50.8 Å². The molecule has 0 fully saturated rings. The number of rotatable bonds is 6. The Kier molecular flexibility index (Phi) is 4.71. The van der Waals surface area contributed by atoms with E-state index >= 15 is 0 Å². The van der Waals surface area contributed by atoms with E-state index in [-0.39, 0.29) is 11.9 Å². The lowest BCUT2D eigenvalue weighted by atomic mass is 9.96. The number of methoxy groups -OCH3 is 2. The largest absolute Gasteiger partial charge is 0.497 e. The Morgan fingerprint density at radius 2 is 1.96 bits per heavy atom. The molecule has 3 rings (SSSR count). The van der Waals surface area contributed by atoms with Gasteiger partial charge in [0.05, 0.1) is 31.0 Å². The lowest BCUT2D eigenvalue weighted by Crippen LogP contribution is -2.44. The van der Waals surface area contributed by atoms with Gasteiger partial charge in [0, 0.05) is 20.3 Å². The van der Waals surface area contributed by atoms with Gasteiger partial charge >= 0.3 is 6.03 Å². The Labute approximate surface area is 140 Å². The molecule has 2 heterocycles. The molecule has 1 aromatic carbocycles. The van der Waals surface area contributed by atoms with Crippen molar-refractivity contribution in [3.8, 4) is 5.75 Å². The molecule has 2 aliphatic rings. The topological polar surface area (TPSA) is 79.9 Å². The third-order valence-electron chi connectivity index (χ3n) is 4.25. The minimum atomic E-state index is -0.445.